The van der Waals surface area contributed by atoms with Crippen LogP contribution in [0.4, 0.5) is 0 Å². The van der Waals surface area contributed by atoms with E-state index in [1.165, 1.54) is 11.1 Å². The highest BCUT2D eigenvalue weighted by atomic mass is 16.4. The summed E-state index contributed by atoms with van der Waals surface area (Å²) in [4.78, 5) is 25.1. The average molecular weight is 251 g/mol. The molecule has 2 rings (SSSR count). The van der Waals surface area contributed by atoms with E-state index in [2.05, 4.69) is 10.2 Å². The summed E-state index contributed by atoms with van der Waals surface area (Å²) in [5.41, 5.74) is -0.0845. The molecule has 1 aliphatic heterocycles. The van der Waals surface area contributed by atoms with Crippen LogP contribution in [0.3, 0.4) is 0 Å². The highest BCUT2D eigenvalue weighted by Gasteiger charge is 2.44. The van der Waals surface area contributed by atoms with Crippen molar-refractivity contribution in [3.05, 3.63) is 18.0 Å². The molecule has 18 heavy (non-hydrogen) atoms. The molecule has 0 aromatic carbocycles. The Morgan fingerprint density at radius 2 is 2.28 bits per heavy atom. The molecule has 6 heteroatoms. The van der Waals surface area contributed by atoms with E-state index >= 15 is 0 Å². The fourth-order valence-corrected chi connectivity index (χ4v) is 2.61. The number of nitrogens with zero attached hydrogens (tertiary/aromatic N) is 2. The molecule has 0 aliphatic carbocycles. The Balaban J connectivity index is 2.30. The highest BCUT2D eigenvalue weighted by molar-refractivity contribution is 5.95. The standard InChI is InChI=1S/C12H17N3O3/c1-12(2)5-3-7-15(9(12)11(17)18)10(16)8-4-6-13-14-8/h4,6,9H,3,5,7H2,1-2H3,(H,13,14)(H,17,18). The molecule has 1 fully saturated rings. The zero-order valence-corrected chi connectivity index (χ0v) is 10.5. The highest BCUT2D eigenvalue weighted by Crippen LogP contribution is 2.35. The van der Waals surface area contributed by atoms with Gasteiger partial charge in [0.2, 0.25) is 0 Å². The molecule has 1 aromatic rings. The number of H-pyrrole nitrogens is 1. The summed E-state index contributed by atoms with van der Waals surface area (Å²) in [5.74, 6) is -1.25. The Labute approximate surface area is 105 Å². The first-order valence-corrected chi connectivity index (χ1v) is 5.96. The van der Waals surface area contributed by atoms with Crippen LogP contribution in [-0.2, 0) is 4.79 Å². The maximum Gasteiger partial charge on any atom is 0.326 e. The number of hydrogen-bond acceptors (Lipinski definition) is 3. The van der Waals surface area contributed by atoms with Gasteiger partial charge in [-0.3, -0.25) is 9.89 Å². The van der Waals surface area contributed by atoms with Gasteiger partial charge in [0.1, 0.15) is 11.7 Å². The van der Waals surface area contributed by atoms with Crippen molar-refractivity contribution in [1.82, 2.24) is 15.1 Å². The molecule has 98 valence electrons. The fraction of sp³-hybridized carbons (Fsp3) is 0.583. The molecule has 0 saturated carbocycles. The number of piperidine rings is 1. The van der Waals surface area contributed by atoms with Crippen molar-refractivity contribution in [3.8, 4) is 0 Å². The third-order valence-electron chi connectivity index (χ3n) is 3.50. The van der Waals surface area contributed by atoms with Gasteiger partial charge < -0.3 is 10.0 Å². The van der Waals surface area contributed by atoms with Gasteiger partial charge in [0.15, 0.2) is 0 Å². The van der Waals surface area contributed by atoms with Gasteiger partial charge in [-0.05, 0) is 24.3 Å². The number of carboxylic acids is 1. The minimum atomic E-state index is -0.951. The first kappa shape index (κ1) is 12.6. The molecular formula is C12H17N3O3. The van der Waals surface area contributed by atoms with E-state index in [1.54, 1.807) is 6.07 Å². The van der Waals surface area contributed by atoms with Gasteiger partial charge in [0, 0.05) is 12.7 Å². The predicted molar refractivity (Wildman–Crippen MR) is 64.1 cm³/mol. The van der Waals surface area contributed by atoms with Crippen molar-refractivity contribution in [2.75, 3.05) is 6.54 Å². The Morgan fingerprint density at radius 1 is 1.56 bits per heavy atom. The average Bonchev–Trinajstić information content (AvgIpc) is 2.79. The molecule has 2 heterocycles. The van der Waals surface area contributed by atoms with Crippen LogP contribution < -0.4 is 0 Å². The number of nitrogens with one attached hydrogen (secondary N) is 1. The summed E-state index contributed by atoms with van der Waals surface area (Å²) in [6.45, 7) is 4.24. The Kier molecular flexibility index (Phi) is 3.11. The van der Waals surface area contributed by atoms with E-state index in [1.807, 2.05) is 13.8 Å². The largest absolute Gasteiger partial charge is 0.480 e. The van der Waals surface area contributed by atoms with Crippen LogP contribution in [0.5, 0.6) is 0 Å². The van der Waals surface area contributed by atoms with Crippen molar-refractivity contribution < 1.29 is 14.7 Å². The summed E-state index contributed by atoms with van der Waals surface area (Å²) in [6, 6.07) is 0.769. The Morgan fingerprint density at radius 3 is 2.83 bits per heavy atom. The van der Waals surface area contributed by atoms with Crippen LogP contribution in [0.15, 0.2) is 12.3 Å². The minimum Gasteiger partial charge on any atom is -0.480 e. The fourth-order valence-electron chi connectivity index (χ4n) is 2.61. The second-order valence-electron chi connectivity index (χ2n) is 5.30. The van der Waals surface area contributed by atoms with E-state index < -0.39 is 17.4 Å². The van der Waals surface area contributed by atoms with E-state index in [9.17, 15) is 14.7 Å². The number of likely N-dealkylation sites (tertiary alicyclic amines) is 1. The van der Waals surface area contributed by atoms with Crippen molar-refractivity contribution in [3.63, 3.8) is 0 Å². The molecule has 1 aromatic heterocycles. The van der Waals surface area contributed by atoms with Gasteiger partial charge in [0.25, 0.3) is 5.91 Å². The number of carboxylic acid groups (broad SMARTS) is 1. The molecule has 6 nitrogen and oxygen atoms in total. The van der Waals surface area contributed by atoms with Gasteiger partial charge in [-0.2, -0.15) is 5.10 Å². The molecule has 2 N–H and O–H groups in total. The van der Waals surface area contributed by atoms with Crippen LogP contribution in [0, 0.1) is 5.41 Å². The molecule has 1 unspecified atom stereocenters. The minimum absolute atomic E-state index is 0.298. The summed E-state index contributed by atoms with van der Waals surface area (Å²) >= 11 is 0. The molecule has 1 atom stereocenters. The lowest BCUT2D eigenvalue weighted by Gasteiger charge is -2.43. The van der Waals surface area contributed by atoms with E-state index in [4.69, 9.17) is 0 Å². The smallest absolute Gasteiger partial charge is 0.326 e. The summed E-state index contributed by atoms with van der Waals surface area (Å²) in [5, 5.41) is 15.7. The number of aliphatic carboxylic acids is 1. The third-order valence-corrected chi connectivity index (χ3v) is 3.50. The van der Waals surface area contributed by atoms with Crippen LogP contribution in [0.25, 0.3) is 0 Å². The number of carbonyl (C=O) groups excluding carboxylic acids is 1. The molecular weight excluding hydrogens is 234 g/mol. The number of amides is 1. The second kappa shape index (κ2) is 4.44. The summed E-state index contributed by atoms with van der Waals surface area (Å²) in [7, 11) is 0. The zero-order valence-electron chi connectivity index (χ0n) is 10.5. The second-order valence-corrected chi connectivity index (χ2v) is 5.30. The normalized spacial score (nSPS) is 22.8. The number of rotatable bonds is 2. The SMILES string of the molecule is CC1(C)CCCN(C(=O)c2ccn[nH]2)C1C(=O)O. The predicted octanol–water partition coefficient (Wildman–Crippen LogP) is 1.13. The van der Waals surface area contributed by atoms with Crippen LogP contribution in [0.1, 0.15) is 37.2 Å². The van der Waals surface area contributed by atoms with Gasteiger partial charge in [-0.15, -0.1) is 0 Å². The van der Waals surface area contributed by atoms with E-state index in [-0.39, 0.29) is 5.91 Å². The van der Waals surface area contributed by atoms with E-state index in [0.29, 0.717) is 12.2 Å². The Hall–Kier alpha value is -1.85. The molecule has 0 radical (unpaired) electrons. The maximum atomic E-state index is 12.3. The van der Waals surface area contributed by atoms with Gasteiger partial charge >= 0.3 is 5.97 Å². The molecule has 1 saturated heterocycles. The van der Waals surface area contributed by atoms with Crippen molar-refractivity contribution in [2.24, 2.45) is 5.41 Å². The number of hydrogen-bond donors (Lipinski definition) is 2. The summed E-state index contributed by atoms with van der Waals surface area (Å²) < 4.78 is 0. The summed E-state index contributed by atoms with van der Waals surface area (Å²) in [6.07, 6.45) is 3.10. The van der Waals surface area contributed by atoms with Crippen molar-refractivity contribution in [2.45, 2.75) is 32.7 Å². The van der Waals surface area contributed by atoms with Gasteiger partial charge in [-0.25, -0.2) is 4.79 Å². The van der Waals surface area contributed by atoms with Gasteiger partial charge in [0.05, 0.1) is 0 Å². The van der Waals surface area contributed by atoms with Crippen molar-refractivity contribution in [1.29, 1.82) is 0 Å². The van der Waals surface area contributed by atoms with Crippen LogP contribution >= 0.6 is 0 Å². The number of aromatic amines is 1. The number of aromatic nitrogens is 2. The molecule has 0 bridgehead atoms. The monoisotopic (exact) mass is 251 g/mol. The molecule has 0 spiro atoms. The number of carbonyl (C=O) groups is 2. The van der Waals surface area contributed by atoms with Gasteiger partial charge in [-0.1, -0.05) is 13.8 Å². The van der Waals surface area contributed by atoms with E-state index in [0.717, 1.165) is 12.8 Å². The van der Waals surface area contributed by atoms with Crippen LogP contribution in [-0.4, -0.2) is 44.7 Å². The first-order valence-electron chi connectivity index (χ1n) is 5.96. The molecule has 1 amide bonds. The van der Waals surface area contributed by atoms with Crippen molar-refractivity contribution >= 4 is 11.9 Å². The lowest BCUT2D eigenvalue weighted by Crippen LogP contribution is -2.56. The topological polar surface area (TPSA) is 86.3 Å². The lowest BCUT2D eigenvalue weighted by molar-refractivity contribution is -0.148. The quantitative estimate of drug-likeness (QED) is 0.824. The third kappa shape index (κ3) is 2.10. The van der Waals surface area contributed by atoms with Crippen LogP contribution in [0.2, 0.25) is 0 Å². The molecule has 1 aliphatic rings. The lowest BCUT2D eigenvalue weighted by atomic mass is 9.76. The maximum absolute atomic E-state index is 12.3. The zero-order chi connectivity index (χ0) is 13.3. The Bertz CT molecular complexity index is 453. The first-order chi connectivity index (χ1) is 8.43.